The van der Waals surface area contributed by atoms with Crippen molar-refractivity contribution in [3.8, 4) is 5.75 Å². The van der Waals surface area contributed by atoms with E-state index in [1.165, 1.54) is 6.07 Å². The Bertz CT molecular complexity index is 277. The minimum Gasteiger partial charge on any atom is -0.545 e. The second-order valence-corrected chi connectivity index (χ2v) is 2.30. The van der Waals surface area contributed by atoms with Crippen molar-refractivity contribution < 1.29 is 42.5 Å². The summed E-state index contributed by atoms with van der Waals surface area (Å²) in [5.74, 6) is -0.912. The predicted octanol–water partition coefficient (Wildman–Crippen LogP) is -2.22. The van der Waals surface area contributed by atoms with Crippen LogP contribution in [0.15, 0.2) is 24.3 Å². The Balaban J connectivity index is 0.00000121. The second-order valence-electron chi connectivity index (χ2n) is 1.86. The molecule has 0 aliphatic rings. The Hall–Kier alpha value is 0.220. The van der Waals surface area contributed by atoms with Gasteiger partial charge in [0.15, 0.2) is 23.0 Å². The second kappa shape index (κ2) is 5.80. The van der Waals surface area contributed by atoms with Gasteiger partial charge in [-0.3, -0.25) is 0 Å². The van der Waals surface area contributed by atoms with Gasteiger partial charge in [-0.1, -0.05) is 12.1 Å². The first-order chi connectivity index (χ1) is 5.25. The van der Waals surface area contributed by atoms with Gasteiger partial charge >= 0.3 is 29.6 Å². The van der Waals surface area contributed by atoms with Crippen LogP contribution >= 0.6 is 23.0 Å². The van der Waals surface area contributed by atoms with E-state index in [0.717, 1.165) is 0 Å². The number of para-hydroxylation sites is 1. The molecule has 0 atom stereocenters. The molecule has 5 heteroatoms. The van der Waals surface area contributed by atoms with Gasteiger partial charge in [-0.15, -0.1) is 0 Å². The van der Waals surface area contributed by atoms with E-state index >= 15 is 0 Å². The van der Waals surface area contributed by atoms with Gasteiger partial charge in [-0.25, -0.2) is 0 Å². The molecule has 58 valence electrons. The molecule has 0 saturated carbocycles. The SMILES string of the molecule is O=C([O-])c1ccccc1OI.[Na+]. The van der Waals surface area contributed by atoms with Gasteiger partial charge in [0.05, 0.1) is 5.97 Å². The van der Waals surface area contributed by atoms with Crippen LogP contribution in [0.4, 0.5) is 0 Å². The molecule has 1 aromatic carbocycles. The molecule has 0 bridgehead atoms. The molecular formula is C7H4INaO3. The summed E-state index contributed by atoms with van der Waals surface area (Å²) >= 11 is 1.62. The molecule has 0 aromatic heterocycles. The number of benzene rings is 1. The van der Waals surface area contributed by atoms with Gasteiger partial charge < -0.3 is 13.0 Å². The molecule has 0 amide bonds. The van der Waals surface area contributed by atoms with E-state index in [-0.39, 0.29) is 35.1 Å². The van der Waals surface area contributed by atoms with Crippen LogP contribution in [0.5, 0.6) is 5.75 Å². The molecule has 0 saturated heterocycles. The molecule has 0 heterocycles. The smallest absolute Gasteiger partial charge is 0.545 e. The summed E-state index contributed by atoms with van der Waals surface area (Å²) in [7, 11) is 0. The predicted molar refractivity (Wildman–Crippen MR) is 45.4 cm³/mol. The van der Waals surface area contributed by atoms with E-state index in [2.05, 4.69) is 0 Å². The van der Waals surface area contributed by atoms with Crippen LogP contribution in [0.3, 0.4) is 0 Å². The van der Waals surface area contributed by atoms with Gasteiger partial charge in [0.25, 0.3) is 0 Å². The van der Waals surface area contributed by atoms with Crippen LogP contribution in [0.1, 0.15) is 10.4 Å². The molecule has 0 aliphatic carbocycles. The van der Waals surface area contributed by atoms with Gasteiger partial charge in [0, 0.05) is 5.56 Å². The molecule has 0 unspecified atom stereocenters. The van der Waals surface area contributed by atoms with Crippen molar-refractivity contribution in [1.82, 2.24) is 0 Å². The number of carbonyl (C=O) groups excluding carboxylic acids is 1. The minimum absolute atomic E-state index is 0. The van der Waals surface area contributed by atoms with Crippen molar-refractivity contribution in [3.63, 3.8) is 0 Å². The molecule has 1 aromatic rings. The molecular weight excluding hydrogens is 282 g/mol. The Labute approximate surface area is 106 Å². The quantitative estimate of drug-likeness (QED) is 0.457. The number of hydrogen-bond donors (Lipinski definition) is 0. The van der Waals surface area contributed by atoms with Crippen molar-refractivity contribution in [2.24, 2.45) is 0 Å². The Kier molecular flexibility index (Phi) is 5.90. The van der Waals surface area contributed by atoms with E-state index in [4.69, 9.17) is 3.07 Å². The summed E-state index contributed by atoms with van der Waals surface area (Å²) in [5.41, 5.74) is 0.0712. The summed E-state index contributed by atoms with van der Waals surface area (Å²) < 4.78 is 4.76. The molecule has 3 nitrogen and oxygen atoms in total. The van der Waals surface area contributed by atoms with Crippen LogP contribution in [0.25, 0.3) is 0 Å². The minimum atomic E-state index is -1.22. The normalized spacial score (nSPS) is 8.42. The summed E-state index contributed by atoms with van der Waals surface area (Å²) in [6.07, 6.45) is 0. The zero-order valence-electron chi connectivity index (χ0n) is 6.41. The summed E-state index contributed by atoms with van der Waals surface area (Å²) in [6, 6.07) is 6.31. The third-order valence-electron chi connectivity index (χ3n) is 1.19. The number of aromatic carboxylic acids is 1. The fourth-order valence-corrected chi connectivity index (χ4v) is 1.09. The van der Waals surface area contributed by atoms with E-state index in [1.54, 1.807) is 41.2 Å². The van der Waals surface area contributed by atoms with E-state index in [9.17, 15) is 9.90 Å². The van der Waals surface area contributed by atoms with Gasteiger partial charge in [0.2, 0.25) is 0 Å². The number of carboxylic acids is 1. The number of rotatable bonds is 2. The zero-order chi connectivity index (χ0) is 8.27. The molecule has 0 aliphatic heterocycles. The maximum absolute atomic E-state index is 10.4. The average Bonchev–Trinajstić information content (AvgIpc) is 2.04. The monoisotopic (exact) mass is 286 g/mol. The van der Waals surface area contributed by atoms with E-state index < -0.39 is 5.97 Å². The third-order valence-corrected chi connectivity index (χ3v) is 1.66. The Morgan fingerprint density at radius 1 is 1.42 bits per heavy atom. The van der Waals surface area contributed by atoms with E-state index in [1.807, 2.05) is 0 Å². The number of carbonyl (C=O) groups is 1. The van der Waals surface area contributed by atoms with Crippen molar-refractivity contribution in [2.45, 2.75) is 0 Å². The summed E-state index contributed by atoms with van der Waals surface area (Å²) in [5, 5.41) is 10.4. The van der Waals surface area contributed by atoms with Crippen LogP contribution < -0.4 is 37.7 Å². The van der Waals surface area contributed by atoms with Crippen molar-refractivity contribution in [2.75, 3.05) is 0 Å². The van der Waals surface area contributed by atoms with Gasteiger partial charge in [0.1, 0.15) is 5.75 Å². The molecule has 0 N–H and O–H groups in total. The standard InChI is InChI=1S/C7H5IO3.Na/c8-11-6-4-2-1-3-5(6)7(9)10;/h1-4H,(H,9,10);/q;+1/p-1. The topological polar surface area (TPSA) is 49.4 Å². The first-order valence-corrected chi connectivity index (χ1v) is 3.72. The molecule has 0 radical (unpaired) electrons. The number of carboxylic acid groups (broad SMARTS) is 1. The Morgan fingerprint density at radius 3 is 2.42 bits per heavy atom. The van der Waals surface area contributed by atoms with Crippen LogP contribution in [0.2, 0.25) is 0 Å². The summed E-state index contributed by atoms with van der Waals surface area (Å²) in [4.78, 5) is 10.4. The van der Waals surface area contributed by atoms with Crippen molar-refractivity contribution in [1.29, 1.82) is 0 Å². The van der Waals surface area contributed by atoms with Gasteiger partial charge in [-0.05, 0) is 12.1 Å². The molecule has 12 heavy (non-hydrogen) atoms. The number of halogens is 1. The van der Waals surface area contributed by atoms with Crippen molar-refractivity contribution >= 4 is 29.0 Å². The maximum Gasteiger partial charge on any atom is 1.00 e. The molecule has 1 rings (SSSR count). The summed E-state index contributed by atoms with van der Waals surface area (Å²) in [6.45, 7) is 0. The number of hydrogen-bond acceptors (Lipinski definition) is 3. The van der Waals surface area contributed by atoms with Crippen LogP contribution in [-0.2, 0) is 0 Å². The van der Waals surface area contributed by atoms with Crippen molar-refractivity contribution in [3.05, 3.63) is 29.8 Å². The van der Waals surface area contributed by atoms with Crippen LogP contribution in [0, 0.1) is 0 Å². The maximum atomic E-state index is 10.4. The molecule has 0 spiro atoms. The average molecular weight is 286 g/mol. The largest absolute Gasteiger partial charge is 1.00 e. The van der Waals surface area contributed by atoms with Crippen LogP contribution in [-0.4, -0.2) is 5.97 Å². The zero-order valence-corrected chi connectivity index (χ0v) is 10.6. The first-order valence-electron chi connectivity index (χ1n) is 2.84. The fraction of sp³-hybridized carbons (Fsp3) is 0. The third kappa shape index (κ3) is 2.93. The first kappa shape index (κ1) is 12.2. The Morgan fingerprint density at radius 2 is 2.00 bits per heavy atom. The molecule has 0 fully saturated rings. The fourth-order valence-electron chi connectivity index (χ4n) is 0.703. The van der Waals surface area contributed by atoms with Gasteiger partial charge in [-0.2, -0.15) is 0 Å². The van der Waals surface area contributed by atoms with E-state index in [0.29, 0.717) is 5.75 Å².